The van der Waals surface area contributed by atoms with Gasteiger partial charge in [0.25, 0.3) is 0 Å². The molecule has 1 aromatic rings. The average Bonchev–Trinajstić information content (AvgIpc) is 3.18. The first kappa shape index (κ1) is 19.6. The van der Waals surface area contributed by atoms with Gasteiger partial charge in [-0.1, -0.05) is 13.8 Å². The molecule has 3 fully saturated rings. The highest BCUT2D eigenvalue weighted by Crippen LogP contribution is 2.41. The second kappa shape index (κ2) is 7.97. The Hall–Kier alpha value is -1.69. The fourth-order valence-corrected chi connectivity index (χ4v) is 4.92. The summed E-state index contributed by atoms with van der Waals surface area (Å²) in [6.07, 6.45) is 6.44. The van der Waals surface area contributed by atoms with Crippen molar-refractivity contribution in [2.75, 3.05) is 37.7 Å². The molecule has 28 heavy (non-hydrogen) atoms. The van der Waals surface area contributed by atoms with Crippen molar-refractivity contribution in [3.63, 3.8) is 0 Å². The zero-order valence-corrected chi connectivity index (χ0v) is 17.6. The first-order valence-electron chi connectivity index (χ1n) is 10.9. The van der Waals surface area contributed by atoms with Crippen LogP contribution >= 0.6 is 0 Å². The Balaban J connectivity index is 1.41. The molecule has 1 unspecified atom stereocenters. The smallest absolute Gasteiger partial charge is 0.222 e. The Kier molecular flexibility index (Phi) is 5.59. The zero-order valence-electron chi connectivity index (χ0n) is 17.6. The lowest BCUT2D eigenvalue weighted by molar-refractivity contribution is -0.140. The van der Waals surface area contributed by atoms with E-state index in [0.717, 1.165) is 82.2 Å². The molecular formula is C22H34N4O2. The summed E-state index contributed by atoms with van der Waals surface area (Å²) in [6.45, 7) is 10.9. The molecule has 1 aromatic heterocycles. The first-order chi connectivity index (χ1) is 13.4. The van der Waals surface area contributed by atoms with Crippen LogP contribution < -0.4 is 4.90 Å². The van der Waals surface area contributed by atoms with Gasteiger partial charge in [0.15, 0.2) is 0 Å². The number of aryl methyl sites for hydroxylation is 1. The summed E-state index contributed by atoms with van der Waals surface area (Å²) < 4.78 is 5.78. The normalized spacial score (nSPS) is 25.1. The Morgan fingerprint density at radius 3 is 2.71 bits per heavy atom. The van der Waals surface area contributed by atoms with E-state index >= 15 is 0 Å². The molecule has 0 saturated carbocycles. The maximum atomic E-state index is 12.5. The monoisotopic (exact) mass is 386 g/mol. The maximum Gasteiger partial charge on any atom is 0.222 e. The zero-order chi connectivity index (χ0) is 19.7. The van der Waals surface area contributed by atoms with Gasteiger partial charge in [-0.3, -0.25) is 4.79 Å². The molecular weight excluding hydrogens is 352 g/mol. The van der Waals surface area contributed by atoms with Crippen LogP contribution in [-0.2, 0) is 9.53 Å². The Bertz CT molecular complexity index is 706. The van der Waals surface area contributed by atoms with Crippen LogP contribution in [0.1, 0.15) is 69.8 Å². The highest BCUT2D eigenvalue weighted by Gasteiger charge is 2.42. The Morgan fingerprint density at radius 2 is 2.04 bits per heavy atom. The third-order valence-corrected chi connectivity index (χ3v) is 6.72. The number of carbonyl (C=O) groups excluding carboxylic acids is 1. The number of hydrogen-bond donors (Lipinski definition) is 0. The van der Waals surface area contributed by atoms with E-state index in [9.17, 15) is 4.79 Å². The van der Waals surface area contributed by atoms with Crippen LogP contribution in [0.5, 0.6) is 0 Å². The van der Waals surface area contributed by atoms with Gasteiger partial charge < -0.3 is 14.5 Å². The van der Waals surface area contributed by atoms with Gasteiger partial charge in [0, 0.05) is 56.9 Å². The number of amides is 1. The molecule has 1 atom stereocenters. The number of likely N-dealkylation sites (tertiary alicyclic amines) is 1. The summed E-state index contributed by atoms with van der Waals surface area (Å²) in [4.78, 5) is 26.4. The third-order valence-electron chi connectivity index (χ3n) is 6.72. The summed E-state index contributed by atoms with van der Waals surface area (Å²) >= 11 is 0. The molecule has 3 aliphatic rings. The predicted octanol–water partition coefficient (Wildman–Crippen LogP) is 3.30. The van der Waals surface area contributed by atoms with Crippen molar-refractivity contribution < 1.29 is 9.53 Å². The molecule has 6 heteroatoms. The van der Waals surface area contributed by atoms with Crippen LogP contribution in [0.15, 0.2) is 6.07 Å². The van der Waals surface area contributed by atoms with Gasteiger partial charge in [0.1, 0.15) is 11.6 Å². The van der Waals surface area contributed by atoms with E-state index in [1.807, 2.05) is 0 Å². The second-order valence-electron chi connectivity index (χ2n) is 9.28. The molecule has 0 radical (unpaired) electrons. The summed E-state index contributed by atoms with van der Waals surface area (Å²) in [5.41, 5.74) is 1.31. The van der Waals surface area contributed by atoms with E-state index in [1.54, 1.807) is 0 Å². The summed E-state index contributed by atoms with van der Waals surface area (Å²) in [6, 6.07) is 2.11. The summed E-state index contributed by atoms with van der Waals surface area (Å²) in [5, 5.41) is 0. The highest BCUT2D eigenvalue weighted by molar-refractivity contribution is 5.77. The molecule has 1 amide bonds. The highest BCUT2D eigenvalue weighted by atomic mass is 16.5. The topological polar surface area (TPSA) is 58.6 Å². The number of carbonyl (C=O) groups is 1. The molecule has 3 aliphatic heterocycles. The molecule has 0 N–H and O–H groups in total. The molecule has 4 heterocycles. The van der Waals surface area contributed by atoms with Crippen molar-refractivity contribution in [2.24, 2.45) is 5.41 Å². The largest absolute Gasteiger partial charge is 0.376 e. The van der Waals surface area contributed by atoms with E-state index in [4.69, 9.17) is 9.72 Å². The lowest BCUT2D eigenvalue weighted by Gasteiger charge is -2.48. The fourth-order valence-electron chi connectivity index (χ4n) is 4.92. The van der Waals surface area contributed by atoms with Crippen LogP contribution in [0.4, 0.5) is 5.82 Å². The number of ether oxygens (including phenoxy) is 1. The SMILES string of the molecule is Cc1cc(N2CCC3(CCC(=O)N(CC4CCCO4)C3)CC2)nc(C(C)C)n1. The van der Waals surface area contributed by atoms with Crippen molar-refractivity contribution in [2.45, 2.75) is 71.3 Å². The molecule has 0 aromatic carbocycles. The minimum absolute atomic E-state index is 0.248. The van der Waals surface area contributed by atoms with Gasteiger partial charge in [-0.25, -0.2) is 9.97 Å². The number of rotatable bonds is 4. The quantitative estimate of drug-likeness (QED) is 0.795. The third kappa shape index (κ3) is 4.17. The van der Waals surface area contributed by atoms with Gasteiger partial charge in [-0.2, -0.15) is 0 Å². The number of aromatic nitrogens is 2. The van der Waals surface area contributed by atoms with Gasteiger partial charge in [0.05, 0.1) is 6.10 Å². The molecule has 3 saturated heterocycles. The summed E-state index contributed by atoms with van der Waals surface area (Å²) in [7, 11) is 0. The molecule has 154 valence electrons. The van der Waals surface area contributed by atoms with Crippen LogP contribution in [0.25, 0.3) is 0 Å². The number of anilines is 1. The first-order valence-corrected chi connectivity index (χ1v) is 10.9. The molecule has 0 aliphatic carbocycles. The van der Waals surface area contributed by atoms with Crippen molar-refractivity contribution in [1.82, 2.24) is 14.9 Å². The molecule has 0 bridgehead atoms. The summed E-state index contributed by atoms with van der Waals surface area (Å²) in [5.74, 6) is 2.65. The standard InChI is InChI=1S/C22H34N4O2/c1-16(2)21-23-17(3)13-19(24-21)25-10-8-22(9-11-25)7-6-20(27)26(15-22)14-18-5-4-12-28-18/h13,16,18H,4-12,14-15H2,1-3H3. The van der Waals surface area contributed by atoms with E-state index < -0.39 is 0 Å². The number of hydrogen-bond acceptors (Lipinski definition) is 5. The van der Waals surface area contributed by atoms with Gasteiger partial charge in [0.2, 0.25) is 5.91 Å². The van der Waals surface area contributed by atoms with Crippen molar-refractivity contribution in [3.05, 3.63) is 17.6 Å². The van der Waals surface area contributed by atoms with Gasteiger partial charge in [-0.15, -0.1) is 0 Å². The van der Waals surface area contributed by atoms with E-state index in [1.165, 1.54) is 0 Å². The van der Waals surface area contributed by atoms with E-state index in [-0.39, 0.29) is 11.5 Å². The Labute approximate surface area is 168 Å². The second-order valence-corrected chi connectivity index (χ2v) is 9.28. The Morgan fingerprint density at radius 1 is 1.25 bits per heavy atom. The molecule has 4 rings (SSSR count). The lowest BCUT2D eigenvalue weighted by Crippen LogP contribution is -2.53. The fraction of sp³-hybridized carbons (Fsp3) is 0.773. The van der Waals surface area contributed by atoms with Gasteiger partial charge in [-0.05, 0) is 44.4 Å². The van der Waals surface area contributed by atoms with Crippen molar-refractivity contribution in [3.8, 4) is 0 Å². The van der Waals surface area contributed by atoms with Crippen LogP contribution in [0.2, 0.25) is 0 Å². The molecule has 6 nitrogen and oxygen atoms in total. The van der Waals surface area contributed by atoms with E-state index in [0.29, 0.717) is 18.2 Å². The van der Waals surface area contributed by atoms with Crippen molar-refractivity contribution >= 4 is 11.7 Å². The number of nitrogens with zero attached hydrogens (tertiary/aromatic N) is 4. The van der Waals surface area contributed by atoms with Gasteiger partial charge >= 0.3 is 0 Å². The van der Waals surface area contributed by atoms with Crippen LogP contribution in [-0.4, -0.2) is 59.7 Å². The maximum absolute atomic E-state index is 12.5. The minimum Gasteiger partial charge on any atom is -0.376 e. The predicted molar refractivity (Wildman–Crippen MR) is 110 cm³/mol. The number of piperidine rings is 2. The van der Waals surface area contributed by atoms with E-state index in [2.05, 4.69) is 41.6 Å². The average molecular weight is 387 g/mol. The van der Waals surface area contributed by atoms with Crippen LogP contribution in [0, 0.1) is 12.3 Å². The lowest BCUT2D eigenvalue weighted by atomic mass is 9.72. The van der Waals surface area contributed by atoms with Crippen LogP contribution in [0.3, 0.4) is 0 Å². The minimum atomic E-state index is 0.248. The van der Waals surface area contributed by atoms with Crippen molar-refractivity contribution in [1.29, 1.82) is 0 Å². The molecule has 1 spiro atoms.